The molecule has 4 aliphatic carbocycles. The molecule has 86 heavy (non-hydrogen) atoms. The first-order valence-electron chi connectivity index (χ1n) is 29.1. The lowest BCUT2D eigenvalue weighted by Gasteiger charge is -2.29. The van der Waals surface area contributed by atoms with Crippen LogP contribution in [0.2, 0.25) is 0 Å². The van der Waals surface area contributed by atoms with Crippen molar-refractivity contribution >= 4 is 87.8 Å². The summed E-state index contributed by atoms with van der Waals surface area (Å²) in [7, 11) is -7.17. The van der Waals surface area contributed by atoms with Crippen LogP contribution in [0.1, 0.15) is 98.5 Å². The van der Waals surface area contributed by atoms with Gasteiger partial charge in [-0.15, -0.1) is 13.2 Å². The molecular formula is C62H72N6O16S2. The fraction of sp³-hybridized carbons (Fsp3) is 0.516. The van der Waals surface area contributed by atoms with Gasteiger partial charge in [0.1, 0.15) is 69.4 Å². The summed E-state index contributed by atoms with van der Waals surface area (Å²) in [4.78, 5) is 92.3. The fourth-order valence-electron chi connectivity index (χ4n) is 11.9. The molecule has 4 amide bonds. The van der Waals surface area contributed by atoms with E-state index in [1.807, 2.05) is 42.5 Å². The smallest absolute Gasteiger partial charge is 0.411 e. The zero-order chi connectivity index (χ0) is 61.5. The van der Waals surface area contributed by atoms with Gasteiger partial charge in [-0.05, 0) is 116 Å². The average Bonchev–Trinajstić information content (AvgIpc) is 1.62. The minimum Gasteiger partial charge on any atom is -0.492 e. The van der Waals surface area contributed by atoms with Crippen LogP contribution in [-0.4, -0.2) is 160 Å². The highest BCUT2D eigenvalue weighted by atomic mass is 32.2. The number of fused-ring (bicyclic) bond motifs is 6. The number of hydrogen-bond acceptors (Lipinski definition) is 18. The Kier molecular flexibility index (Phi) is 15.6. The molecule has 3 aliphatic heterocycles. The van der Waals surface area contributed by atoms with Gasteiger partial charge in [-0.1, -0.05) is 24.3 Å². The Bertz CT molecular complexity index is 3850. The van der Waals surface area contributed by atoms with E-state index >= 15 is 0 Å². The summed E-state index contributed by atoms with van der Waals surface area (Å²) >= 11 is 0. The van der Waals surface area contributed by atoms with Crippen molar-refractivity contribution < 1.29 is 73.7 Å². The van der Waals surface area contributed by atoms with Crippen LogP contribution in [0.25, 0.3) is 32.5 Å². The van der Waals surface area contributed by atoms with Crippen LogP contribution < -0.4 is 24.8 Å². The van der Waals surface area contributed by atoms with Gasteiger partial charge in [-0.2, -0.15) is 0 Å². The van der Waals surface area contributed by atoms with Gasteiger partial charge in [0, 0.05) is 70.4 Å². The molecule has 2 N–H and O–H groups in total. The van der Waals surface area contributed by atoms with E-state index < -0.39 is 136 Å². The number of pyridine rings is 2. The number of carbonyl (C=O) groups excluding carboxylic acids is 6. The van der Waals surface area contributed by atoms with Gasteiger partial charge in [0.25, 0.3) is 0 Å². The van der Waals surface area contributed by atoms with Crippen molar-refractivity contribution in [1.29, 1.82) is 0 Å². The molecule has 12 rings (SSSR count). The summed E-state index contributed by atoms with van der Waals surface area (Å²) in [5, 5.41) is 8.75. The van der Waals surface area contributed by atoms with Gasteiger partial charge in [0.2, 0.25) is 23.6 Å². The third kappa shape index (κ3) is 12.2. The average molecular weight is 1220 g/mol. The van der Waals surface area contributed by atoms with Crippen LogP contribution in [0.4, 0.5) is 9.59 Å². The number of hydrogen-bond donors (Lipinski definition) is 2. The number of benzene rings is 2. The maximum absolute atomic E-state index is 13.8. The largest absolute Gasteiger partial charge is 0.492 e. The highest BCUT2D eigenvalue weighted by Crippen LogP contribution is 2.48. The maximum atomic E-state index is 13.8. The summed E-state index contributed by atoms with van der Waals surface area (Å²) in [6.07, 6.45) is 9.11. The second kappa shape index (κ2) is 22.3. The molecular weight excluding hydrogens is 1150 g/mol. The first-order valence-corrected chi connectivity index (χ1v) is 32.6. The van der Waals surface area contributed by atoms with Crippen LogP contribution in [0.15, 0.2) is 90.8 Å². The number of aromatic nitrogens is 2. The third-order valence-corrected chi connectivity index (χ3v) is 21.1. The quantitative estimate of drug-likeness (QED) is 0.0829. The Labute approximate surface area is 498 Å². The van der Waals surface area contributed by atoms with E-state index in [4.69, 9.17) is 28.1 Å². The molecule has 0 spiro atoms. The van der Waals surface area contributed by atoms with Crippen LogP contribution in [-0.2, 0) is 54.7 Å². The predicted molar refractivity (Wildman–Crippen MR) is 316 cm³/mol. The molecule has 0 bridgehead atoms. The number of likely N-dealkylation sites (tertiary alicyclic amines) is 2. The second-order valence-electron chi connectivity index (χ2n) is 25.6. The molecule has 0 unspecified atom stereocenters. The van der Waals surface area contributed by atoms with Gasteiger partial charge >= 0.3 is 12.2 Å². The summed E-state index contributed by atoms with van der Waals surface area (Å²) < 4.78 is 85.7. The number of sulfone groups is 2. The molecule has 2 aromatic carbocycles. The van der Waals surface area contributed by atoms with Crippen LogP contribution >= 0.6 is 0 Å². The number of nitrogens with one attached hydrogen (secondary N) is 2. The molecule has 7 aliphatic rings. The Hall–Kier alpha value is -7.60. The molecule has 24 heteroatoms. The summed E-state index contributed by atoms with van der Waals surface area (Å²) in [6, 6.07) is 11.2. The van der Waals surface area contributed by atoms with Gasteiger partial charge < -0.3 is 38.7 Å². The van der Waals surface area contributed by atoms with Crippen molar-refractivity contribution in [2.45, 2.75) is 156 Å². The van der Waals surface area contributed by atoms with E-state index in [2.05, 4.69) is 33.8 Å². The van der Waals surface area contributed by atoms with Gasteiger partial charge in [-0.3, -0.25) is 29.0 Å². The lowest BCUT2D eigenvalue weighted by Crippen LogP contribution is -2.54. The van der Waals surface area contributed by atoms with Crippen molar-refractivity contribution in [3.8, 4) is 17.5 Å². The van der Waals surface area contributed by atoms with E-state index in [1.54, 1.807) is 72.4 Å². The molecule has 6 heterocycles. The standard InChI is InChI=1S/C31H37N3O8S.C31H35N3O8S/c2*1-5-19-15-31(19,25(35)17-43(38,39)21-7-8-21)33-27(36)24-14-20(16-34(24)29(37)42-30(2,3)4)41-28-23-9-6-18-11-13-40-26(18)22(23)10-12-32-28/h5-6,9-10,12,19-21,24H,1,7-8,11,13-17H2,2-4H3,(H,33,36);5-6,9-13,19-21,24H,1,7-8,14-17H2,2-4H3,(H,33,36)/t2*19-,20-,24+,31-/m11/s1. The second-order valence-corrected chi connectivity index (χ2v) is 30.2. The number of ketones is 2. The van der Waals surface area contributed by atoms with Crippen molar-refractivity contribution in [1.82, 2.24) is 30.4 Å². The zero-order valence-corrected chi connectivity index (χ0v) is 50.6. The summed E-state index contributed by atoms with van der Waals surface area (Å²) in [5.41, 5.74) is -2.55. The number of carbonyl (C=O) groups is 6. The number of nitrogens with zero attached hydrogens (tertiary/aromatic N) is 4. The highest BCUT2D eigenvalue weighted by Gasteiger charge is 2.63. The molecule has 0 radical (unpaired) electrons. The Morgan fingerprint density at radius 1 is 0.651 bits per heavy atom. The molecule has 3 aromatic heterocycles. The molecule has 8 atom stereocenters. The van der Waals surface area contributed by atoms with Crippen molar-refractivity contribution in [3.63, 3.8) is 0 Å². The SMILES string of the molecule is C=C[C@@H]1C[C@]1(NC(=O)[C@@H]1C[C@@H](Oc2nccc3c2ccc2ccoc23)CN1C(=O)OC(C)(C)C)C(=O)CS(=O)(=O)C1CC1.C=C[C@@H]1C[C@]1(NC(=O)[C@@H]1C[C@@H](Oc2nccc3c4c(ccc23)CCO4)CN1C(=O)OC(C)(C)C)C(=O)CS(=O)(=O)C1CC1. The number of rotatable bonds is 18. The third-order valence-electron chi connectivity index (χ3n) is 16.8. The fourth-order valence-corrected chi connectivity index (χ4v) is 15.3. The van der Waals surface area contributed by atoms with E-state index in [9.17, 15) is 45.6 Å². The highest BCUT2D eigenvalue weighted by molar-refractivity contribution is 7.93. The van der Waals surface area contributed by atoms with Crippen LogP contribution in [0.5, 0.6) is 17.5 Å². The number of furan rings is 1. The molecule has 5 aromatic rings. The van der Waals surface area contributed by atoms with Crippen molar-refractivity contribution in [2.24, 2.45) is 11.8 Å². The van der Waals surface area contributed by atoms with E-state index in [1.165, 1.54) is 9.80 Å². The Balaban J connectivity index is 0.000000179. The van der Waals surface area contributed by atoms with Crippen LogP contribution in [0.3, 0.4) is 0 Å². The normalized spacial score (nSPS) is 25.9. The topological polar surface area (TPSA) is 286 Å². The zero-order valence-electron chi connectivity index (χ0n) is 49.0. The van der Waals surface area contributed by atoms with Crippen LogP contribution in [0, 0.1) is 11.8 Å². The minimum atomic E-state index is -3.59. The van der Waals surface area contributed by atoms with Crippen molar-refractivity contribution in [3.05, 3.63) is 92.0 Å². The lowest BCUT2D eigenvalue weighted by atomic mass is 10.1. The lowest BCUT2D eigenvalue weighted by molar-refractivity contribution is -0.130. The molecule has 4 saturated carbocycles. The Morgan fingerprint density at radius 2 is 1.12 bits per heavy atom. The van der Waals surface area contributed by atoms with E-state index in [-0.39, 0.29) is 38.8 Å². The van der Waals surface area contributed by atoms with E-state index in [0.717, 1.165) is 44.7 Å². The first-order chi connectivity index (χ1) is 40.6. The molecule has 22 nitrogen and oxygen atoms in total. The number of amides is 4. The summed E-state index contributed by atoms with van der Waals surface area (Å²) in [5.74, 6) is -2.84. The van der Waals surface area contributed by atoms with Gasteiger partial charge in [-0.25, -0.2) is 36.4 Å². The minimum absolute atomic E-state index is 0.0377. The van der Waals surface area contributed by atoms with Gasteiger partial charge in [0.15, 0.2) is 31.2 Å². The predicted octanol–water partition coefficient (Wildman–Crippen LogP) is 7.08. The number of ether oxygens (including phenoxy) is 5. The summed E-state index contributed by atoms with van der Waals surface area (Å²) in [6.45, 7) is 18.6. The molecule has 2 saturated heterocycles. The van der Waals surface area contributed by atoms with Crippen molar-refractivity contribution in [2.75, 3.05) is 31.2 Å². The molecule has 458 valence electrons. The molecule has 6 fully saturated rings. The monoisotopic (exact) mass is 1220 g/mol. The Morgan fingerprint density at radius 3 is 1.57 bits per heavy atom. The number of Topliss-reactive ketones (excluding diaryl/α,β-unsaturated/α-hetero) is 2. The van der Waals surface area contributed by atoms with Gasteiger partial charge in [0.05, 0.1) is 36.5 Å². The maximum Gasteiger partial charge on any atom is 0.411 e. The van der Waals surface area contributed by atoms with E-state index in [0.29, 0.717) is 49.6 Å². The first kappa shape index (κ1) is 60.1.